The molecule has 18 heavy (non-hydrogen) atoms. The van der Waals surface area contributed by atoms with Gasteiger partial charge < -0.3 is 5.32 Å². The predicted molar refractivity (Wildman–Crippen MR) is 73.6 cm³/mol. The molecule has 0 amide bonds. The highest BCUT2D eigenvalue weighted by molar-refractivity contribution is 9.10. The molecule has 0 saturated carbocycles. The first-order valence-electron chi connectivity index (χ1n) is 5.71. The summed E-state index contributed by atoms with van der Waals surface area (Å²) < 4.78 is 13.8. The van der Waals surface area contributed by atoms with Gasteiger partial charge in [-0.25, -0.2) is 4.39 Å². The highest BCUT2D eigenvalue weighted by atomic mass is 79.9. The first-order chi connectivity index (χ1) is 8.66. The number of aromatic nitrogens is 1. The molecule has 0 aliphatic rings. The Hall–Kier alpha value is -1.26. The summed E-state index contributed by atoms with van der Waals surface area (Å²) in [7, 11) is 0. The van der Waals surface area contributed by atoms with Crippen LogP contribution in [-0.2, 0) is 13.1 Å². The fraction of sp³-hybridized carbons (Fsp3) is 0.214. The van der Waals surface area contributed by atoms with Crippen molar-refractivity contribution in [2.75, 3.05) is 0 Å². The number of nitrogens with zero attached hydrogens (tertiary/aromatic N) is 1. The molecule has 1 heterocycles. The van der Waals surface area contributed by atoms with Crippen molar-refractivity contribution in [2.45, 2.75) is 20.0 Å². The van der Waals surface area contributed by atoms with Crippen molar-refractivity contribution in [3.05, 3.63) is 63.6 Å². The van der Waals surface area contributed by atoms with Gasteiger partial charge in [-0.05, 0) is 57.7 Å². The number of pyridine rings is 1. The van der Waals surface area contributed by atoms with E-state index in [0.717, 1.165) is 17.7 Å². The van der Waals surface area contributed by atoms with E-state index in [1.165, 1.54) is 11.6 Å². The van der Waals surface area contributed by atoms with Crippen LogP contribution < -0.4 is 5.32 Å². The Morgan fingerprint density at radius 3 is 2.83 bits per heavy atom. The van der Waals surface area contributed by atoms with Crippen LogP contribution >= 0.6 is 15.9 Å². The van der Waals surface area contributed by atoms with Gasteiger partial charge in [-0.2, -0.15) is 0 Å². The Balaban J connectivity index is 1.92. The third-order valence-electron chi connectivity index (χ3n) is 2.77. The lowest BCUT2D eigenvalue weighted by molar-refractivity contribution is 0.613. The molecule has 0 unspecified atom stereocenters. The van der Waals surface area contributed by atoms with Crippen LogP contribution in [0.1, 0.15) is 16.7 Å². The van der Waals surface area contributed by atoms with Gasteiger partial charge in [-0.3, -0.25) is 4.98 Å². The van der Waals surface area contributed by atoms with Crippen molar-refractivity contribution in [1.82, 2.24) is 10.3 Å². The molecule has 0 spiro atoms. The molecule has 0 fully saturated rings. The van der Waals surface area contributed by atoms with Gasteiger partial charge in [0, 0.05) is 25.5 Å². The molecule has 1 aromatic heterocycles. The number of hydrogen-bond acceptors (Lipinski definition) is 2. The van der Waals surface area contributed by atoms with E-state index in [1.807, 2.05) is 25.3 Å². The summed E-state index contributed by atoms with van der Waals surface area (Å²) in [6.45, 7) is 3.43. The smallest absolute Gasteiger partial charge is 0.137 e. The Bertz CT molecular complexity index is 543. The van der Waals surface area contributed by atoms with Crippen LogP contribution in [-0.4, -0.2) is 4.98 Å². The monoisotopic (exact) mass is 308 g/mol. The molecule has 94 valence electrons. The first kappa shape index (κ1) is 13.2. The maximum Gasteiger partial charge on any atom is 0.137 e. The average molecular weight is 309 g/mol. The van der Waals surface area contributed by atoms with Gasteiger partial charge in [0.1, 0.15) is 5.82 Å². The van der Waals surface area contributed by atoms with Crippen molar-refractivity contribution < 1.29 is 4.39 Å². The molecule has 0 atom stereocenters. The zero-order valence-electron chi connectivity index (χ0n) is 10.1. The summed E-state index contributed by atoms with van der Waals surface area (Å²) in [5.41, 5.74) is 3.30. The van der Waals surface area contributed by atoms with Gasteiger partial charge in [0.15, 0.2) is 0 Å². The van der Waals surface area contributed by atoms with E-state index in [1.54, 1.807) is 12.3 Å². The molecule has 0 aliphatic heterocycles. The Kier molecular flexibility index (Phi) is 4.44. The van der Waals surface area contributed by atoms with Gasteiger partial charge in [-0.1, -0.05) is 6.07 Å². The Labute approximate surface area is 114 Å². The highest BCUT2D eigenvalue weighted by Crippen LogP contribution is 2.16. The van der Waals surface area contributed by atoms with Gasteiger partial charge in [-0.15, -0.1) is 0 Å². The lowest BCUT2D eigenvalue weighted by atomic mass is 10.1. The zero-order chi connectivity index (χ0) is 13.0. The van der Waals surface area contributed by atoms with E-state index in [0.29, 0.717) is 11.0 Å². The minimum absolute atomic E-state index is 0.227. The summed E-state index contributed by atoms with van der Waals surface area (Å²) in [6.07, 6.45) is 3.62. The van der Waals surface area contributed by atoms with E-state index in [2.05, 4.69) is 26.2 Å². The van der Waals surface area contributed by atoms with E-state index < -0.39 is 0 Å². The fourth-order valence-electron chi connectivity index (χ4n) is 1.69. The quantitative estimate of drug-likeness (QED) is 0.934. The summed E-state index contributed by atoms with van der Waals surface area (Å²) >= 11 is 3.14. The second-order valence-corrected chi connectivity index (χ2v) is 5.01. The van der Waals surface area contributed by atoms with Crippen LogP contribution in [0.3, 0.4) is 0 Å². The number of benzene rings is 1. The topological polar surface area (TPSA) is 24.9 Å². The predicted octanol–water partition coefficient (Wildman–Crippen LogP) is 3.58. The standard InChI is InChI=1S/C14H14BrFN2/c1-10-7-17-5-4-12(10)9-18-8-11-2-3-13(15)14(16)6-11/h2-7,18H,8-9H2,1H3. The third-order valence-corrected chi connectivity index (χ3v) is 3.41. The van der Waals surface area contributed by atoms with Crippen LogP contribution in [0.5, 0.6) is 0 Å². The molecule has 0 saturated heterocycles. The second-order valence-electron chi connectivity index (χ2n) is 4.15. The Morgan fingerprint density at radius 2 is 2.11 bits per heavy atom. The largest absolute Gasteiger partial charge is 0.309 e. The number of rotatable bonds is 4. The minimum Gasteiger partial charge on any atom is -0.309 e. The summed E-state index contributed by atoms with van der Waals surface area (Å²) in [6, 6.07) is 7.16. The molecule has 0 aliphatic carbocycles. The lowest BCUT2D eigenvalue weighted by Crippen LogP contribution is -2.13. The maximum atomic E-state index is 13.3. The summed E-state index contributed by atoms with van der Waals surface area (Å²) in [5, 5.41) is 3.30. The van der Waals surface area contributed by atoms with Crippen LogP contribution in [0.15, 0.2) is 41.1 Å². The van der Waals surface area contributed by atoms with Gasteiger partial charge in [0.05, 0.1) is 4.47 Å². The van der Waals surface area contributed by atoms with Crippen molar-refractivity contribution in [2.24, 2.45) is 0 Å². The van der Waals surface area contributed by atoms with Gasteiger partial charge in [0.25, 0.3) is 0 Å². The molecule has 2 aromatic rings. The average Bonchev–Trinajstić information content (AvgIpc) is 2.36. The van der Waals surface area contributed by atoms with Crippen LogP contribution in [0.4, 0.5) is 4.39 Å². The summed E-state index contributed by atoms with van der Waals surface area (Å²) in [5.74, 6) is -0.227. The molecule has 0 radical (unpaired) electrons. The van der Waals surface area contributed by atoms with Gasteiger partial charge >= 0.3 is 0 Å². The molecular weight excluding hydrogens is 295 g/mol. The number of aryl methyl sites for hydroxylation is 1. The molecule has 1 aromatic carbocycles. The SMILES string of the molecule is Cc1cnccc1CNCc1ccc(Br)c(F)c1. The number of nitrogens with one attached hydrogen (secondary N) is 1. The molecule has 4 heteroatoms. The summed E-state index contributed by atoms with van der Waals surface area (Å²) in [4.78, 5) is 4.05. The molecule has 0 bridgehead atoms. The van der Waals surface area contributed by atoms with E-state index in [4.69, 9.17) is 0 Å². The van der Waals surface area contributed by atoms with Crippen molar-refractivity contribution in [1.29, 1.82) is 0 Å². The normalized spacial score (nSPS) is 10.6. The lowest BCUT2D eigenvalue weighted by Gasteiger charge is -2.07. The number of hydrogen-bond donors (Lipinski definition) is 1. The molecule has 2 rings (SSSR count). The van der Waals surface area contributed by atoms with Crippen molar-refractivity contribution >= 4 is 15.9 Å². The van der Waals surface area contributed by atoms with Crippen LogP contribution in [0, 0.1) is 12.7 Å². The third kappa shape index (κ3) is 3.37. The molecular formula is C14H14BrFN2. The van der Waals surface area contributed by atoms with Gasteiger partial charge in [0.2, 0.25) is 0 Å². The van der Waals surface area contributed by atoms with Crippen molar-refractivity contribution in [3.63, 3.8) is 0 Å². The van der Waals surface area contributed by atoms with E-state index >= 15 is 0 Å². The van der Waals surface area contributed by atoms with E-state index in [9.17, 15) is 4.39 Å². The van der Waals surface area contributed by atoms with Crippen LogP contribution in [0.2, 0.25) is 0 Å². The van der Waals surface area contributed by atoms with Crippen LogP contribution in [0.25, 0.3) is 0 Å². The molecule has 1 N–H and O–H groups in total. The zero-order valence-corrected chi connectivity index (χ0v) is 11.7. The maximum absolute atomic E-state index is 13.3. The first-order valence-corrected chi connectivity index (χ1v) is 6.50. The second kappa shape index (κ2) is 6.07. The van der Waals surface area contributed by atoms with E-state index in [-0.39, 0.29) is 5.82 Å². The molecule has 2 nitrogen and oxygen atoms in total. The minimum atomic E-state index is -0.227. The number of halogens is 2. The fourth-order valence-corrected chi connectivity index (χ4v) is 1.94. The van der Waals surface area contributed by atoms with Crippen molar-refractivity contribution in [3.8, 4) is 0 Å². The highest BCUT2D eigenvalue weighted by Gasteiger charge is 2.01. The Morgan fingerprint density at radius 1 is 1.28 bits per heavy atom.